The summed E-state index contributed by atoms with van der Waals surface area (Å²) in [6.07, 6.45) is 9.24. The zero-order valence-corrected chi connectivity index (χ0v) is 16.5. The number of hydrogen-bond acceptors (Lipinski definition) is 3. The second-order valence-electron chi connectivity index (χ2n) is 7.86. The fourth-order valence-corrected chi connectivity index (χ4v) is 3.87. The van der Waals surface area contributed by atoms with Crippen LogP contribution in [0.25, 0.3) is 0 Å². The Morgan fingerprint density at radius 3 is 2.44 bits per heavy atom. The number of H-pyrrole nitrogens is 1. The van der Waals surface area contributed by atoms with Crippen LogP contribution in [0.4, 0.5) is 9.59 Å². The molecule has 1 aliphatic carbocycles. The molecule has 1 aliphatic heterocycles. The Labute approximate surface area is 161 Å². The van der Waals surface area contributed by atoms with Crippen LogP contribution in [-0.4, -0.2) is 64.1 Å². The van der Waals surface area contributed by atoms with E-state index in [1.807, 2.05) is 11.8 Å². The van der Waals surface area contributed by atoms with Crippen LogP contribution >= 0.6 is 0 Å². The van der Waals surface area contributed by atoms with Gasteiger partial charge in [0.15, 0.2) is 0 Å². The number of nitrogens with one attached hydrogen (secondary N) is 3. The smallest absolute Gasteiger partial charge is 0.317 e. The van der Waals surface area contributed by atoms with E-state index in [2.05, 4.69) is 20.6 Å². The van der Waals surface area contributed by atoms with E-state index in [9.17, 15) is 9.59 Å². The number of hydrogen-bond donors (Lipinski definition) is 3. The number of nitrogens with zero attached hydrogens (tertiary/aromatic N) is 3. The molecule has 1 saturated carbocycles. The minimum atomic E-state index is -0.103. The van der Waals surface area contributed by atoms with Crippen molar-refractivity contribution in [1.82, 2.24) is 30.4 Å². The van der Waals surface area contributed by atoms with Gasteiger partial charge < -0.3 is 25.4 Å². The quantitative estimate of drug-likeness (QED) is 0.753. The minimum Gasteiger partial charge on any atom is -0.345 e. The average molecular weight is 377 g/mol. The first-order valence-corrected chi connectivity index (χ1v) is 10.1. The molecule has 27 heavy (non-hydrogen) atoms. The summed E-state index contributed by atoms with van der Waals surface area (Å²) in [6, 6.07) is 0.394. The van der Waals surface area contributed by atoms with E-state index in [0.717, 1.165) is 37.2 Å². The molecule has 8 heteroatoms. The van der Waals surface area contributed by atoms with E-state index >= 15 is 0 Å². The maximum atomic E-state index is 12.4. The van der Waals surface area contributed by atoms with Crippen LogP contribution < -0.4 is 10.6 Å². The molecule has 8 nitrogen and oxygen atoms in total. The van der Waals surface area contributed by atoms with Crippen LogP contribution in [0, 0.1) is 6.92 Å². The van der Waals surface area contributed by atoms with Crippen molar-refractivity contribution in [2.24, 2.45) is 0 Å². The van der Waals surface area contributed by atoms with Gasteiger partial charge >= 0.3 is 12.1 Å². The molecule has 1 aromatic rings. The molecule has 0 bridgehead atoms. The highest BCUT2D eigenvalue weighted by Crippen LogP contribution is 2.18. The second-order valence-corrected chi connectivity index (χ2v) is 7.86. The molecule has 4 amide bonds. The summed E-state index contributed by atoms with van der Waals surface area (Å²) in [6.45, 7) is 3.76. The van der Waals surface area contributed by atoms with Crippen LogP contribution in [0.3, 0.4) is 0 Å². The largest absolute Gasteiger partial charge is 0.345 e. The highest BCUT2D eigenvalue weighted by atomic mass is 16.2. The summed E-state index contributed by atoms with van der Waals surface area (Å²) < 4.78 is 0. The Bertz CT molecular complexity index is 632. The number of aromatic nitrogens is 2. The lowest BCUT2D eigenvalue weighted by Crippen LogP contribution is -2.52. The van der Waals surface area contributed by atoms with E-state index in [-0.39, 0.29) is 18.1 Å². The summed E-state index contributed by atoms with van der Waals surface area (Å²) in [4.78, 5) is 35.7. The van der Waals surface area contributed by atoms with Crippen molar-refractivity contribution in [3.05, 3.63) is 17.7 Å². The molecular weight excluding hydrogens is 344 g/mol. The van der Waals surface area contributed by atoms with Crippen molar-refractivity contribution < 1.29 is 9.59 Å². The molecule has 150 valence electrons. The predicted octanol–water partition coefficient (Wildman–Crippen LogP) is 2.37. The lowest BCUT2D eigenvalue weighted by atomic mass is 9.95. The number of aromatic amines is 1. The third-order valence-corrected chi connectivity index (χ3v) is 5.53. The molecule has 0 unspecified atom stereocenters. The fraction of sp³-hybridized carbons (Fsp3) is 0.737. The van der Waals surface area contributed by atoms with Crippen molar-refractivity contribution in [3.63, 3.8) is 0 Å². The van der Waals surface area contributed by atoms with Crippen molar-refractivity contribution in [3.8, 4) is 0 Å². The zero-order chi connectivity index (χ0) is 19.2. The molecule has 0 radical (unpaired) electrons. The number of aryl methyl sites for hydroxylation is 1. The Morgan fingerprint density at radius 2 is 1.81 bits per heavy atom. The molecule has 2 aliphatic rings. The van der Waals surface area contributed by atoms with Crippen molar-refractivity contribution in [1.29, 1.82) is 0 Å². The van der Waals surface area contributed by atoms with Crippen molar-refractivity contribution in [2.75, 3.05) is 20.1 Å². The van der Waals surface area contributed by atoms with Crippen LogP contribution in [0.1, 0.15) is 56.5 Å². The number of amides is 4. The van der Waals surface area contributed by atoms with Gasteiger partial charge in [-0.1, -0.05) is 19.3 Å². The standard InChI is InChI=1S/C19H32N6O2/c1-14-12-20-17(21-14)13-24(2)18(26)22-16-8-10-25(11-9-16)19(27)23-15-6-4-3-5-7-15/h12,15-16H,3-11,13H2,1-2H3,(H,20,21)(H,22,26)(H,23,27). The Morgan fingerprint density at radius 1 is 1.15 bits per heavy atom. The van der Waals surface area contributed by atoms with Gasteiger partial charge in [-0.05, 0) is 32.6 Å². The lowest BCUT2D eigenvalue weighted by Gasteiger charge is -2.34. The van der Waals surface area contributed by atoms with Gasteiger partial charge in [0.05, 0.1) is 6.54 Å². The zero-order valence-electron chi connectivity index (χ0n) is 16.5. The first kappa shape index (κ1) is 19.5. The van der Waals surface area contributed by atoms with E-state index in [1.54, 1.807) is 18.1 Å². The molecule has 1 aromatic heterocycles. The molecule has 1 saturated heterocycles. The maximum Gasteiger partial charge on any atom is 0.317 e. The SMILES string of the molecule is Cc1cnc(CN(C)C(=O)NC2CCN(C(=O)NC3CCCCC3)CC2)[nH]1. The topological polar surface area (TPSA) is 93.4 Å². The number of likely N-dealkylation sites (tertiary alicyclic amines) is 1. The monoisotopic (exact) mass is 376 g/mol. The van der Waals surface area contributed by atoms with Crippen LogP contribution in [0.15, 0.2) is 6.20 Å². The van der Waals surface area contributed by atoms with E-state index in [1.165, 1.54) is 19.3 Å². The molecule has 0 spiro atoms. The molecular formula is C19H32N6O2. The average Bonchev–Trinajstić information content (AvgIpc) is 3.07. The van der Waals surface area contributed by atoms with Gasteiger partial charge in [-0.25, -0.2) is 14.6 Å². The Kier molecular flexibility index (Phi) is 6.58. The van der Waals surface area contributed by atoms with Crippen LogP contribution in [0.5, 0.6) is 0 Å². The van der Waals surface area contributed by atoms with Crippen molar-refractivity contribution >= 4 is 12.1 Å². The highest BCUT2D eigenvalue weighted by Gasteiger charge is 2.26. The summed E-state index contributed by atoms with van der Waals surface area (Å²) in [5.74, 6) is 0.777. The third-order valence-electron chi connectivity index (χ3n) is 5.53. The summed E-state index contributed by atoms with van der Waals surface area (Å²) in [5, 5.41) is 6.25. The second kappa shape index (κ2) is 9.10. The number of piperidine rings is 1. The molecule has 0 atom stereocenters. The first-order chi connectivity index (χ1) is 13.0. The van der Waals surface area contributed by atoms with E-state index in [4.69, 9.17) is 0 Å². The van der Waals surface area contributed by atoms with Crippen molar-refractivity contribution in [2.45, 2.75) is 70.5 Å². The number of carbonyl (C=O) groups is 2. The molecule has 0 aromatic carbocycles. The van der Waals surface area contributed by atoms with Gasteiger partial charge in [0, 0.05) is 44.1 Å². The predicted molar refractivity (Wildman–Crippen MR) is 103 cm³/mol. The third kappa shape index (κ3) is 5.61. The minimum absolute atomic E-state index is 0.0528. The van der Waals surface area contributed by atoms with Crippen LogP contribution in [0.2, 0.25) is 0 Å². The Balaban J connectivity index is 1.38. The van der Waals surface area contributed by atoms with Gasteiger partial charge in [0.1, 0.15) is 5.82 Å². The Hall–Kier alpha value is -2.25. The number of carbonyl (C=O) groups excluding carboxylic acids is 2. The van der Waals surface area contributed by atoms with Crippen LogP contribution in [-0.2, 0) is 6.54 Å². The summed E-state index contributed by atoms with van der Waals surface area (Å²) in [7, 11) is 1.76. The van der Waals surface area contributed by atoms with Gasteiger partial charge in [-0.3, -0.25) is 0 Å². The van der Waals surface area contributed by atoms with Gasteiger partial charge in [0.25, 0.3) is 0 Å². The normalized spacial score (nSPS) is 19.0. The number of imidazole rings is 1. The van der Waals surface area contributed by atoms with Gasteiger partial charge in [0.2, 0.25) is 0 Å². The fourth-order valence-electron chi connectivity index (χ4n) is 3.87. The number of rotatable bonds is 4. The molecule has 3 N–H and O–H groups in total. The molecule has 2 fully saturated rings. The summed E-state index contributed by atoms with van der Waals surface area (Å²) >= 11 is 0. The van der Waals surface area contributed by atoms with Gasteiger partial charge in [-0.15, -0.1) is 0 Å². The number of urea groups is 2. The van der Waals surface area contributed by atoms with E-state index < -0.39 is 0 Å². The maximum absolute atomic E-state index is 12.4. The van der Waals surface area contributed by atoms with E-state index in [0.29, 0.717) is 25.7 Å². The summed E-state index contributed by atoms with van der Waals surface area (Å²) in [5.41, 5.74) is 0.984. The lowest BCUT2D eigenvalue weighted by molar-refractivity contribution is 0.165. The highest BCUT2D eigenvalue weighted by molar-refractivity contribution is 5.75. The first-order valence-electron chi connectivity index (χ1n) is 10.1. The molecule has 2 heterocycles. The van der Waals surface area contributed by atoms with Gasteiger partial charge in [-0.2, -0.15) is 0 Å². The molecule has 3 rings (SSSR count).